The lowest BCUT2D eigenvalue weighted by Crippen LogP contribution is -2.26. The number of aryl methyl sites for hydroxylation is 1. The Morgan fingerprint density at radius 1 is 1.28 bits per heavy atom. The van der Waals surface area contributed by atoms with Crippen molar-refractivity contribution in [2.24, 2.45) is 5.92 Å². The average molecular weight is 363 g/mol. The fourth-order valence-electron chi connectivity index (χ4n) is 2.82. The van der Waals surface area contributed by atoms with Crippen LogP contribution in [0.5, 0.6) is 0 Å². The molecule has 2 N–H and O–H groups in total. The number of rotatable bonds is 4. The van der Waals surface area contributed by atoms with Crippen LogP contribution < -0.4 is 5.32 Å². The molecular formula is C17H19ClN4O3. The van der Waals surface area contributed by atoms with Gasteiger partial charge in [0.25, 0.3) is 0 Å². The number of hydrogen-bond donors (Lipinski definition) is 2. The number of anilines is 1. The summed E-state index contributed by atoms with van der Waals surface area (Å²) in [4.78, 5) is 22.9. The Morgan fingerprint density at radius 2 is 2.08 bits per heavy atom. The predicted octanol–water partition coefficient (Wildman–Crippen LogP) is 2.98. The highest BCUT2D eigenvalue weighted by Gasteiger charge is 2.22. The highest BCUT2D eigenvalue weighted by Crippen LogP contribution is 2.31. The maximum Gasteiger partial charge on any atom is 0.315 e. The Hall–Kier alpha value is -2.41. The van der Waals surface area contributed by atoms with E-state index >= 15 is 0 Å². The molecule has 0 spiro atoms. The van der Waals surface area contributed by atoms with Gasteiger partial charge >= 0.3 is 5.97 Å². The maximum atomic E-state index is 12.0. The summed E-state index contributed by atoms with van der Waals surface area (Å²) in [6, 6.07) is 5.01. The Morgan fingerprint density at radius 3 is 2.84 bits per heavy atom. The molecule has 0 bridgehead atoms. The first kappa shape index (κ1) is 17.4. The first-order chi connectivity index (χ1) is 12.0. The van der Waals surface area contributed by atoms with Gasteiger partial charge in [0.15, 0.2) is 5.82 Å². The van der Waals surface area contributed by atoms with E-state index < -0.39 is 17.8 Å². The Balaban J connectivity index is 1.92. The number of nitrogens with one attached hydrogen (secondary N) is 1. The molecule has 8 heteroatoms. The molecule has 1 atom stereocenters. The number of benzene rings is 1. The lowest BCUT2D eigenvalue weighted by molar-refractivity contribution is -0.144. The Kier molecular flexibility index (Phi) is 5.03. The van der Waals surface area contributed by atoms with Crippen molar-refractivity contribution in [3.05, 3.63) is 29.0 Å². The predicted molar refractivity (Wildman–Crippen MR) is 93.5 cm³/mol. The number of carboxylic acid groups (broad SMARTS) is 1. The molecule has 0 saturated carbocycles. The molecule has 1 aliphatic rings. The first-order valence-electron chi connectivity index (χ1n) is 8.23. The molecule has 1 unspecified atom stereocenters. The smallest absolute Gasteiger partial charge is 0.315 e. The number of hydrogen-bond acceptors (Lipinski definition) is 4. The number of aliphatic carboxylic acids is 1. The van der Waals surface area contributed by atoms with E-state index in [1.165, 1.54) is 6.92 Å². The minimum Gasteiger partial charge on any atom is -0.481 e. The van der Waals surface area contributed by atoms with E-state index in [9.17, 15) is 9.59 Å². The van der Waals surface area contributed by atoms with Crippen LogP contribution in [0, 0.1) is 5.92 Å². The van der Waals surface area contributed by atoms with Crippen molar-refractivity contribution in [1.29, 1.82) is 0 Å². The van der Waals surface area contributed by atoms with E-state index in [2.05, 4.69) is 20.1 Å². The van der Waals surface area contributed by atoms with Gasteiger partial charge < -0.3 is 15.0 Å². The van der Waals surface area contributed by atoms with Crippen molar-refractivity contribution in [1.82, 2.24) is 14.8 Å². The van der Waals surface area contributed by atoms with Crippen LogP contribution in [-0.2, 0) is 22.6 Å². The molecule has 0 radical (unpaired) electrons. The average Bonchev–Trinajstić information content (AvgIpc) is 2.83. The zero-order valence-electron chi connectivity index (χ0n) is 13.8. The summed E-state index contributed by atoms with van der Waals surface area (Å²) in [6.45, 7) is 2.17. The van der Waals surface area contributed by atoms with Crippen LogP contribution in [0.1, 0.15) is 32.0 Å². The van der Waals surface area contributed by atoms with Crippen LogP contribution in [0.2, 0.25) is 5.02 Å². The van der Waals surface area contributed by atoms with E-state index in [0.717, 1.165) is 38.1 Å². The molecule has 1 aromatic heterocycles. The Bertz CT molecular complexity index is 818. The number of carbonyl (C=O) groups is 2. The number of amides is 1. The fraction of sp³-hybridized carbons (Fsp3) is 0.412. The van der Waals surface area contributed by atoms with Crippen LogP contribution >= 0.6 is 11.6 Å². The van der Waals surface area contributed by atoms with Crippen LogP contribution in [0.3, 0.4) is 0 Å². The quantitative estimate of drug-likeness (QED) is 0.815. The van der Waals surface area contributed by atoms with Gasteiger partial charge in [-0.25, -0.2) is 0 Å². The standard InChI is InChI=1S/C17H19ClN4O3/c1-10(17(24)25)16(23)19-11-6-7-13(18)12(9-11)15-21-20-14-5-3-2-4-8-22(14)15/h6-7,9-10H,2-5,8H2,1H3,(H,19,23)(H,24,25). The van der Waals surface area contributed by atoms with Crippen molar-refractivity contribution in [2.75, 3.05) is 5.32 Å². The molecule has 1 amide bonds. The topological polar surface area (TPSA) is 97.1 Å². The van der Waals surface area contributed by atoms with Gasteiger partial charge in [-0.1, -0.05) is 18.0 Å². The van der Waals surface area contributed by atoms with Crippen molar-refractivity contribution in [2.45, 2.75) is 39.2 Å². The summed E-state index contributed by atoms with van der Waals surface area (Å²) in [5, 5.41) is 20.6. The van der Waals surface area contributed by atoms with E-state index in [0.29, 0.717) is 22.1 Å². The van der Waals surface area contributed by atoms with E-state index in [1.54, 1.807) is 18.2 Å². The van der Waals surface area contributed by atoms with Crippen molar-refractivity contribution in [3.63, 3.8) is 0 Å². The summed E-state index contributed by atoms with van der Waals surface area (Å²) in [6.07, 6.45) is 4.19. The molecule has 0 aliphatic carbocycles. The summed E-state index contributed by atoms with van der Waals surface area (Å²) < 4.78 is 2.07. The molecule has 3 rings (SSSR count). The SMILES string of the molecule is CC(C(=O)O)C(=O)Nc1ccc(Cl)c(-c2nnc3n2CCCCC3)c1. The molecule has 7 nitrogen and oxygen atoms in total. The highest BCUT2D eigenvalue weighted by atomic mass is 35.5. The normalized spacial score (nSPS) is 15.1. The van der Waals surface area contributed by atoms with Crippen molar-refractivity contribution >= 4 is 29.2 Å². The summed E-state index contributed by atoms with van der Waals surface area (Å²) in [5.41, 5.74) is 1.14. The lowest BCUT2D eigenvalue weighted by atomic mass is 10.1. The Labute approximate surface area is 150 Å². The second-order valence-corrected chi connectivity index (χ2v) is 6.55. The fourth-order valence-corrected chi connectivity index (χ4v) is 3.02. The van der Waals surface area contributed by atoms with Gasteiger partial charge in [-0.3, -0.25) is 9.59 Å². The van der Waals surface area contributed by atoms with Gasteiger partial charge in [0.1, 0.15) is 11.7 Å². The molecule has 2 heterocycles. The van der Waals surface area contributed by atoms with Gasteiger partial charge in [-0.05, 0) is 38.0 Å². The molecular weight excluding hydrogens is 344 g/mol. The number of aromatic nitrogens is 3. The molecule has 2 aromatic rings. The number of fused-ring (bicyclic) bond motifs is 1. The molecule has 132 valence electrons. The molecule has 1 aliphatic heterocycles. The number of halogens is 1. The summed E-state index contributed by atoms with van der Waals surface area (Å²) >= 11 is 6.33. The minimum atomic E-state index is -1.17. The van der Waals surface area contributed by atoms with E-state index in [1.807, 2.05) is 0 Å². The second kappa shape index (κ2) is 7.23. The summed E-state index contributed by atoms with van der Waals surface area (Å²) in [5.74, 6) is -1.28. The third-order valence-corrected chi connectivity index (χ3v) is 4.68. The zero-order chi connectivity index (χ0) is 18.0. The van der Waals surface area contributed by atoms with Gasteiger partial charge in [-0.2, -0.15) is 0 Å². The minimum absolute atomic E-state index is 0.475. The largest absolute Gasteiger partial charge is 0.481 e. The second-order valence-electron chi connectivity index (χ2n) is 6.15. The van der Waals surface area contributed by atoms with Gasteiger partial charge in [0.05, 0.1) is 5.02 Å². The van der Waals surface area contributed by atoms with Crippen LogP contribution in [0.4, 0.5) is 5.69 Å². The molecule has 1 aromatic carbocycles. The number of carbonyl (C=O) groups excluding carboxylic acids is 1. The van der Waals surface area contributed by atoms with E-state index in [-0.39, 0.29) is 0 Å². The highest BCUT2D eigenvalue weighted by molar-refractivity contribution is 6.33. The van der Waals surface area contributed by atoms with Gasteiger partial charge in [-0.15, -0.1) is 10.2 Å². The zero-order valence-corrected chi connectivity index (χ0v) is 14.6. The van der Waals surface area contributed by atoms with Crippen LogP contribution in [0.25, 0.3) is 11.4 Å². The van der Waals surface area contributed by atoms with Gasteiger partial charge in [0, 0.05) is 24.2 Å². The third kappa shape index (κ3) is 3.66. The number of carboxylic acids is 1. The number of nitrogens with zero attached hydrogens (tertiary/aromatic N) is 3. The molecule has 0 fully saturated rings. The van der Waals surface area contributed by atoms with Crippen molar-refractivity contribution < 1.29 is 14.7 Å². The first-order valence-corrected chi connectivity index (χ1v) is 8.61. The third-order valence-electron chi connectivity index (χ3n) is 4.35. The van der Waals surface area contributed by atoms with Crippen molar-refractivity contribution in [3.8, 4) is 11.4 Å². The summed E-state index contributed by atoms with van der Waals surface area (Å²) in [7, 11) is 0. The monoisotopic (exact) mass is 362 g/mol. The van der Waals surface area contributed by atoms with E-state index in [4.69, 9.17) is 16.7 Å². The van der Waals surface area contributed by atoms with Crippen LogP contribution in [-0.4, -0.2) is 31.7 Å². The van der Waals surface area contributed by atoms with Gasteiger partial charge in [0.2, 0.25) is 5.91 Å². The molecule has 25 heavy (non-hydrogen) atoms. The van der Waals surface area contributed by atoms with Crippen LogP contribution in [0.15, 0.2) is 18.2 Å². The molecule has 0 saturated heterocycles. The lowest BCUT2D eigenvalue weighted by Gasteiger charge is -2.12. The maximum absolute atomic E-state index is 12.0.